The van der Waals surface area contributed by atoms with Crippen molar-refractivity contribution in [2.45, 2.75) is 13.5 Å². The van der Waals surface area contributed by atoms with Crippen LogP contribution in [0.15, 0.2) is 84.1 Å². The summed E-state index contributed by atoms with van der Waals surface area (Å²) in [5.74, 6) is 0.359. The fourth-order valence-corrected chi connectivity index (χ4v) is 2.38. The number of nitrogens with zero attached hydrogens (tertiary/aromatic N) is 2. The second-order valence-corrected chi connectivity index (χ2v) is 5.62. The second kappa shape index (κ2) is 8.58. The fraction of sp³-hybridized carbons (Fsp3) is 0.0952. The predicted molar refractivity (Wildman–Crippen MR) is 101 cm³/mol. The monoisotopic (exact) mass is 345 g/mol. The number of rotatable bonds is 6. The molecule has 0 fully saturated rings. The third kappa shape index (κ3) is 4.54. The van der Waals surface area contributed by atoms with Crippen molar-refractivity contribution in [1.29, 1.82) is 0 Å². The van der Waals surface area contributed by atoms with Gasteiger partial charge in [-0.3, -0.25) is 9.78 Å². The van der Waals surface area contributed by atoms with Crippen LogP contribution >= 0.6 is 0 Å². The topological polar surface area (TPSA) is 63.6 Å². The van der Waals surface area contributed by atoms with Gasteiger partial charge in [0.1, 0.15) is 18.1 Å². The molecule has 5 heteroatoms. The quantitative estimate of drug-likeness (QED) is 0.546. The number of hydrazone groups is 1. The highest BCUT2D eigenvalue weighted by atomic mass is 16.5. The smallest absolute Gasteiger partial charge is 0.289 e. The molecule has 0 aliphatic heterocycles. The Kier molecular flexibility index (Phi) is 5.72. The lowest BCUT2D eigenvalue weighted by Crippen LogP contribution is -2.20. The van der Waals surface area contributed by atoms with Crippen molar-refractivity contribution in [3.8, 4) is 5.75 Å². The van der Waals surface area contributed by atoms with E-state index < -0.39 is 0 Å². The molecule has 0 unspecified atom stereocenters. The second-order valence-electron chi connectivity index (χ2n) is 5.62. The molecular weight excluding hydrogens is 326 g/mol. The number of carbonyl (C=O) groups is 1. The first-order valence-electron chi connectivity index (χ1n) is 8.26. The van der Waals surface area contributed by atoms with E-state index in [0.29, 0.717) is 23.8 Å². The standard InChI is InChI=1S/C21H19N3O2/c1-16(23-24-21(25)19-12-7-8-14-22-19)18-11-5-6-13-20(18)26-15-17-9-3-2-4-10-17/h2-14H,15H2,1H3,(H,24,25)/b23-16-. The fourth-order valence-electron chi connectivity index (χ4n) is 2.38. The molecule has 0 atom stereocenters. The Morgan fingerprint density at radius 3 is 2.50 bits per heavy atom. The number of pyridine rings is 1. The van der Waals surface area contributed by atoms with Crippen LogP contribution in [0.4, 0.5) is 0 Å². The Bertz CT molecular complexity index is 893. The van der Waals surface area contributed by atoms with Gasteiger partial charge in [0.2, 0.25) is 0 Å². The van der Waals surface area contributed by atoms with E-state index in [1.807, 2.05) is 61.5 Å². The maximum atomic E-state index is 12.1. The van der Waals surface area contributed by atoms with E-state index in [-0.39, 0.29) is 5.91 Å². The van der Waals surface area contributed by atoms with Gasteiger partial charge in [0.15, 0.2) is 0 Å². The van der Waals surface area contributed by atoms with Crippen LogP contribution in [-0.4, -0.2) is 16.6 Å². The molecule has 1 aromatic heterocycles. The first-order chi connectivity index (χ1) is 12.7. The van der Waals surface area contributed by atoms with Crippen LogP contribution < -0.4 is 10.2 Å². The first-order valence-corrected chi connectivity index (χ1v) is 8.26. The van der Waals surface area contributed by atoms with Gasteiger partial charge in [0.25, 0.3) is 5.91 Å². The zero-order chi connectivity index (χ0) is 18.2. The molecule has 1 heterocycles. The highest BCUT2D eigenvalue weighted by Gasteiger charge is 2.09. The summed E-state index contributed by atoms with van der Waals surface area (Å²) < 4.78 is 5.93. The highest BCUT2D eigenvalue weighted by molar-refractivity contribution is 6.02. The molecule has 0 radical (unpaired) electrons. The summed E-state index contributed by atoms with van der Waals surface area (Å²) in [6, 6.07) is 22.7. The van der Waals surface area contributed by atoms with Crippen molar-refractivity contribution in [2.24, 2.45) is 5.10 Å². The molecule has 1 amide bonds. The number of para-hydroxylation sites is 1. The van der Waals surface area contributed by atoms with Crippen LogP contribution in [0.5, 0.6) is 5.75 Å². The number of benzene rings is 2. The third-order valence-corrected chi connectivity index (χ3v) is 3.74. The minimum absolute atomic E-state index is 0.317. The van der Waals surface area contributed by atoms with Gasteiger partial charge in [-0.25, -0.2) is 5.43 Å². The average Bonchev–Trinajstić information content (AvgIpc) is 2.72. The number of hydrogen-bond donors (Lipinski definition) is 1. The number of hydrogen-bond acceptors (Lipinski definition) is 4. The van der Waals surface area contributed by atoms with Crippen molar-refractivity contribution < 1.29 is 9.53 Å². The maximum absolute atomic E-state index is 12.1. The molecule has 5 nitrogen and oxygen atoms in total. The molecule has 3 rings (SSSR count). The molecule has 2 aromatic carbocycles. The van der Waals surface area contributed by atoms with Crippen molar-refractivity contribution in [3.63, 3.8) is 0 Å². The van der Waals surface area contributed by atoms with Gasteiger partial charge in [0, 0.05) is 11.8 Å². The molecule has 130 valence electrons. The van der Waals surface area contributed by atoms with E-state index in [0.717, 1.165) is 11.1 Å². The minimum atomic E-state index is -0.354. The molecule has 0 aliphatic carbocycles. The average molecular weight is 345 g/mol. The molecule has 0 aliphatic rings. The molecule has 1 N–H and O–H groups in total. The summed E-state index contributed by atoms with van der Waals surface area (Å²) in [7, 11) is 0. The molecule has 0 saturated heterocycles. The molecule has 3 aromatic rings. The zero-order valence-electron chi connectivity index (χ0n) is 14.4. The van der Waals surface area contributed by atoms with Crippen LogP contribution in [0.25, 0.3) is 0 Å². The first kappa shape index (κ1) is 17.4. The highest BCUT2D eigenvalue weighted by Crippen LogP contribution is 2.20. The van der Waals surface area contributed by atoms with Crippen molar-refractivity contribution in [1.82, 2.24) is 10.4 Å². The van der Waals surface area contributed by atoms with Crippen LogP contribution in [-0.2, 0) is 6.61 Å². The Morgan fingerprint density at radius 1 is 1.00 bits per heavy atom. The third-order valence-electron chi connectivity index (χ3n) is 3.74. The van der Waals surface area contributed by atoms with Gasteiger partial charge in [-0.1, -0.05) is 48.5 Å². The number of amides is 1. The van der Waals surface area contributed by atoms with Gasteiger partial charge in [-0.15, -0.1) is 0 Å². The lowest BCUT2D eigenvalue weighted by molar-refractivity contribution is 0.0950. The lowest BCUT2D eigenvalue weighted by atomic mass is 10.1. The number of ether oxygens (including phenoxy) is 1. The number of carbonyl (C=O) groups excluding carboxylic acids is 1. The van der Waals surface area contributed by atoms with Crippen molar-refractivity contribution >= 4 is 11.6 Å². The van der Waals surface area contributed by atoms with Crippen LogP contribution in [0, 0.1) is 0 Å². The Morgan fingerprint density at radius 2 is 1.73 bits per heavy atom. The van der Waals surface area contributed by atoms with E-state index in [1.54, 1.807) is 24.4 Å². The number of nitrogens with one attached hydrogen (secondary N) is 1. The van der Waals surface area contributed by atoms with E-state index in [2.05, 4.69) is 15.5 Å². The maximum Gasteiger partial charge on any atom is 0.289 e. The largest absolute Gasteiger partial charge is 0.488 e. The summed E-state index contributed by atoms with van der Waals surface area (Å²) >= 11 is 0. The molecular formula is C21H19N3O2. The van der Waals surface area contributed by atoms with Gasteiger partial charge in [-0.05, 0) is 36.8 Å². The summed E-state index contributed by atoms with van der Waals surface area (Å²) in [5.41, 5.74) is 5.40. The van der Waals surface area contributed by atoms with Gasteiger partial charge in [0.05, 0.1) is 5.71 Å². The van der Waals surface area contributed by atoms with E-state index in [1.165, 1.54) is 0 Å². The van der Waals surface area contributed by atoms with Crippen molar-refractivity contribution in [2.75, 3.05) is 0 Å². The normalized spacial score (nSPS) is 11.0. The van der Waals surface area contributed by atoms with Crippen LogP contribution in [0.1, 0.15) is 28.5 Å². The number of aromatic nitrogens is 1. The van der Waals surface area contributed by atoms with E-state index in [9.17, 15) is 4.79 Å². The summed E-state index contributed by atoms with van der Waals surface area (Å²) in [6.45, 7) is 2.29. The van der Waals surface area contributed by atoms with Crippen LogP contribution in [0.2, 0.25) is 0 Å². The van der Waals surface area contributed by atoms with Crippen molar-refractivity contribution in [3.05, 3.63) is 95.8 Å². The Labute approximate surface area is 152 Å². The Hall–Kier alpha value is -3.47. The minimum Gasteiger partial charge on any atom is -0.488 e. The molecule has 0 spiro atoms. The Balaban J connectivity index is 1.71. The lowest BCUT2D eigenvalue weighted by Gasteiger charge is -2.11. The van der Waals surface area contributed by atoms with Gasteiger partial charge < -0.3 is 4.74 Å². The summed E-state index contributed by atoms with van der Waals surface area (Å²) in [4.78, 5) is 16.1. The predicted octanol–water partition coefficient (Wildman–Crippen LogP) is 3.81. The summed E-state index contributed by atoms with van der Waals surface area (Å²) in [5, 5.41) is 4.18. The molecule has 0 saturated carbocycles. The van der Waals surface area contributed by atoms with Gasteiger partial charge >= 0.3 is 0 Å². The SMILES string of the molecule is C/C(=N/NC(=O)c1ccccn1)c1ccccc1OCc1ccccc1. The van der Waals surface area contributed by atoms with Crippen LogP contribution in [0.3, 0.4) is 0 Å². The summed E-state index contributed by atoms with van der Waals surface area (Å²) in [6.07, 6.45) is 1.57. The zero-order valence-corrected chi connectivity index (χ0v) is 14.4. The van der Waals surface area contributed by atoms with E-state index >= 15 is 0 Å². The van der Waals surface area contributed by atoms with Gasteiger partial charge in [-0.2, -0.15) is 5.10 Å². The van der Waals surface area contributed by atoms with E-state index in [4.69, 9.17) is 4.74 Å². The molecule has 26 heavy (non-hydrogen) atoms. The molecule has 0 bridgehead atoms.